The average molecular weight is 354 g/mol. The van der Waals surface area contributed by atoms with Crippen molar-refractivity contribution in [3.8, 4) is 0 Å². The SMILES string of the molecule is C=C(C(=NC)C(F)F)c1nc(N(C)CCC)nc(N2CCOCC2)n1. The maximum atomic E-state index is 13.2. The molecule has 0 saturated carbocycles. The van der Waals surface area contributed by atoms with Crippen molar-refractivity contribution in [3.63, 3.8) is 0 Å². The monoisotopic (exact) mass is 354 g/mol. The zero-order chi connectivity index (χ0) is 18.4. The molecule has 1 aromatic heterocycles. The van der Waals surface area contributed by atoms with Crippen LogP contribution in [0.4, 0.5) is 20.7 Å². The van der Waals surface area contributed by atoms with Gasteiger partial charge in [-0.05, 0) is 6.42 Å². The van der Waals surface area contributed by atoms with Crippen LogP contribution < -0.4 is 9.80 Å². The Labute approximate surface area is 146 Å². The van der Waals surface area contributed by atoms with Crippen LogP contribution in [-0.4, -0.2) is 74.0 Å². The van der Waals surface area contributed by atoms with E-state index in [0.717, 1.165) is 13.0 Å². The molecule has 2 heterocycles. The topological polar surface area (TPSA) is 66.7 Å². The molecule has 1 aliphatic rings. The molecule has 2 rings (SSSR count). The number of aliphatic imine (C=N–C) groups is 1. The fraction of sp³-hybridized carbons (Fsp3) is 0.625. The molecule has 0 amide bonds. The summed E-state index contributed by atoms with van der Waals surface area (Å²) < 4.78 is 31.7. The van der Waals surface area contributed by atoms with Crippen molar-refractivity contribution in [2.45, 2.75) is 19.8 Å². The Morgan fingerprint density at radius 2 is 2.00 bits per heavy atom. The van der Waals surface area contributed by atoms with Crippen molar-refractivity contribution >= 4 is 23.2 Å². The number of halogens is 2. The fourth-order valence-corrected chi connectivity index (χ4v) is 2.48. The van der Waals surface area contributed by atoms with Gasteiger partial charge >= 0.3 is 0 Å². The van der Waals surface area contributed by atoms with Crippen LogP contribution in [0.1, 0.15) is 19.2 Å². The summed E-state index contributed by atoms with van der Waals surface area (Å²) in [4.78, 5) is 20.6. The molecule has 1 fully saturated rings. The van der Waals surface area contributed by atoms with Gasteiger partial charge in [0.15, 0.2) is 5.82 Å². The lowest BCUT2D eigenvalue weighted by Crippen LogP contribution is -2.38. The number of nitrogens with zero attached hydrogens (tertiary/aromatic N) is 6. The summed E-state index contributed by atoms with van der Waals surface area (Å²) >= 11 is 0. The van der Waals surface area contributed by atoms with E-state index >= 15 is 0 Å². The standard InChI is InChI=1S/C16H24F2N6O/c1-5-6-23(4)15-20-14(11(2)12(19-3)13(17)18)21-16(22-15)24-7-9-25-10-8-24/h13H,2,5-10H2,1,3-4H3. The van der Waals surface area contributed by atoms with Crippen molar-refractivity contribution in [1.82, 2.24) is 15.0 Å². The summed E-state index contributed by atoms with van der Waals surface area (Å²) in [7, 11) is 3.16. The normalized spacial score (nSPS) is 15.6. The largest absolute Gasteiger partial charge is 0.378 e. The fourth-order valence-electron chi connectivity index (χ4n) is 2.48. The number of rotatable bonds is 7. The quantitative estimate of drug-likeness (QED) is 0.697. The lowest BCUT2D eigenvalue weighted by Gasteiger charge is -2.28. The van der Waals surface area contributed by atoms with Gasteiger partial charge in [-0.3, -0.25) is 4.99 Å². The van der Waals surface area contributed by atoms with Crippen LogP contribution >= 0.6 is 0 Å². The predicted molar refractivity (Wildman–Crippen MR) is 94.8 cm³/mol. The van der Waals surface area contributed by atoms with E-state index in [4.69, 9.17) is 4.74 Å². The summed E-state index contributed by atoms with van der Waals surface area (Å²) in [5.74, 6) is 0.992. The van der Waals surface area contributed by atoms with E-state index in [9.17, 15) is 8.78 Å². The first-order valence-electron chi connectivity index (χ1n) is 8.22. The molecule has 138 valence electrons. The van der Waals surface area contributed by atoms with Crippen molar-refractivity contribution in [1.29, 1.82) is 0 Å². The molecule has 7 nitrogen and oxygen atoms in total. The number of hydrogen-bond acceptors (Lipinski definition) is 7. The van der Waals surface area contributed by atoms with Crippen LogP contribution in [0.15, 0.2) is 11.6 Å². The van der Waals surface area contributed by atoms with E-state index in [1.807, 2.05) is 23.8 Å². The second-order valence-electron chi connectivity index (χ2n) is 5.67. The third-order valence-corrected chi connectivity index (χ3v) is 3.83. The third kappa shape index (κ3) is 4.68. The number of aromatic nitrogens is 3. The highest BCUT2D eigenvalue weighted by atomic mass is 19.3. The van der Waals surface area contributed by atoms with Crippen LogP contribution in [0.25, 0.3) is 5.57 Å². The molecular weight excluding hydrogens is 330 g/mol. The second kappa shape index (κ2) is 8.80. The van der Waals surface area contributed by atoms with Crippen LogP contribution in [-0.2, 0) is 4.74 Å². The zero-order valence-corrected chi connectivity index (χ0v) is 14.9. The van der Waals surface area contributed by atoms with E-state index < -0.39 is 12.1 Å². The Hall–Kier alpha value is -2.16. The highest BCUT2D eigenvalue weighted by molar-refractivity contribution is 6.23. The minimum atomic E-state index is -2.74. The van der Waals surface area contributed by atoms with Gasteiger partial charge in [-0.25, -0.2) is 8.78 Å². The van der Waals surface area contributed by atoms with Gasteiger partial charge in [0, 0.05) is 39.3 Å². The first-order chi connectivity index (χ1) is 12.0. The number of alkyl halides is 2. The number of hydrogen-bond donors (Lipinski definition) is 0. The Bertz CT molecular complexity index is 631. The maximum Gasteiger partial charge on any atom is 0.280 e. The lowest BCUT2D eigenvalue weighted by molar-refractivity contribution is 0.122. The average Bonchev–Trinajstić information content (AvgIpc) is 2.62. The van der Waals surface area contributed by atoms with Crippen LogP contribution in [0.3, 0.4) is 0 Å². The zero-order valence-electron chi connectivity index (χ0n) is 14.9. The second-order valence-corrected chi connectivity index (χ2v) is 5.67. The van der Waals surface area contributed by atoms with Gasteiger partial charge in [0.05, 0.1) is 13.2 Å². The highest BCUT2D eigenvalue weighted by Crippen LogP contribution is 2.21. The molecule has 0 bridgehead atoms. The smallest absolute Gasteiger partial charge is 0.280 e. The molecule has 1 saturated heterocycles. The van der Waals surface area contributed by atoms with Crippen molar-refractivity contribution < 1.29 is 13.5 Å². The predicted octanol–water partition coefficient (Wildman–Crippen LogP) is 1.90. The van der Waals surface area contributed by atoms with Gasteiger partial charge < -0.3 is 14.5 Å². The molecule has 25 heavy (non-hydrogen) atoms. The third-order valence-electron chi connectivity index (χ3n) is 3.83. The Balaban J connectivity index is 2.43. The molecular formula is C16H24F2N6O. The van der Waals surface area contributed by atoms with Crippen molar-refractivity contribution in [2.75, 3.05) is 56.7 Å². The molecule has 1 aromatic rings. The minimum absolute atomic E-state index is 0.0144. The van der Waals surface area contributed by atoms with Crippen LogP contribution in [0, 0.1) is 0 Å². The molecule has 1 aliphatic heterocycles. The van der Waals surface area contributed by atoms with Gasteiger partial charge in [0.25, 0.3) is 6.43 Å². The maximum absolute atomic E-state index is 13.2. The molecule has 0 aromatic carbocycles. The first-order valence-corrected chi connectivity index (χ1v) is 8.22. The van der Waals surface area contributed by atoms with E-state index in [0.29, 0.717) is 38.2 Å². The summed E-state index contributed by atoms with van der Waals surface area (Å²) in [5.41, 5.74) is -0.399. The minimum Gasteiger partial charge on any atom is -0.378 e. The van der Waals surface area contributed by atoms with Crippen molar-refractivity contribution in [2.24, 2.45) is 4.99 Å². The Morgan fingerprint density at radius 1 is 1.32 bits per heavy atom. The van der Waals surface area contributed by atoms with Crippen molar-refractivity contribution in [3.05, 3.63) is 12.4 Å². The number of anilines is 2. The number of ether oxygens (including phenoxy) is 1. The molecule has 0 atom stereocenters. The molecule has 0 N–H and O–H groups in total. The van der Waals surface area contributed by atoms with E-state index in [2.05, 4.69) is 26.5 Å². The summed E-state index contributed by atoms with van der Waals surface area (Å²) in [6.45, 7) is 8.91. The lowest BCUT2D eigenvalue weighted by atomic mass is 10.1. The Morgan fingerprint density at radius 3 is 2.56 bits per heavy atom. The molecule has 0 aliphatic carbocycles. The van der Waals surface area contributed by atoms with Gasteiger partial charge in [0.1, 0.15) is 5.71 Å². The van der Waals surface area contributed by atoms with Crippen LogP contribution in [0.2, 0.25) is 0 Å². The van der Waals surface area contributed by atoms with Gasteiger partial charge in [-0.15, -0.1) is 0 Å². The van der Waals surface area contributed by atoms with E-state index in [1.54, 1.807) is 0 Å². The van der Waals surface area contributed by atoms with Gasteiger partial charge in [0.2, 0.25) is 11.9 Å². The molecule has 0 spiro atoms. The highest BCUT2D eigenvalue weighted by Gasteiger charge is 2.23. The summed E-state index contributed by atoms with van der Waals surface area (Å²) in [6.07, 6.45) is -1.83. The van der Waals surface area contributed by atoms with Crippen LogP contribution in [0.5, 0.6) is 0 Å². The Kier molecular flexibility index (Phi) is 6.74. The van der Waals surface area contributed by atoms with Gasteiger partial charge in [-0.2, -0.15) is 15.0 Å². The number of morpholine rings is 1. The molecule has 0 radical (unpaired) electrons. The molecule has 0 unspecified atom stereocenters. The summed E-state index contributed by atoms with van der Waals surface area (Å²) in [5, 5.41) is 0. The molecule has 9 heteroatoms. The number of allylic oxidation sites excluding steroid dienone is 1. The van der Waals surface area contributed by atoms with Gasteiger partial charge in [-0.1, -0.05) is 13.5 Å². The first kappa shape index (κ1) is 19.2. The van der Waals surface area contributed by atoms with E-state index in [-0.39, 0.29) is 11.4 Å². The van der Waals surface area contributed by atoms with E-state index in [1.165, 1.54) is 7.05 Å². The summed E-state index contributed by atoms with van der Waals surface area (Å²) in [6, 6.07) is 0.